The molecule has 0 radical (unpaired) electrons. The number of thiazole rings is 1. The molecule has 0 bridgehead atoms. The van der Waals surface area contributed by atoms with Crippen LogP contribution in [0.5, 0.6) is 0 Å². The van der Waals surface area contributed by atoms with Crippen molar-refractivity contribution in [2.24, 2.45) is 0 Å². The molecule has 3 nitrogen and oxygen atoms in total. The fourth-order valence-corrected chi connectivity index (χ4v) is 4.06. The van der Waals surface area contributed by atoms with Crippen molar-refractivity contribution >= 4 is 39.8 Å². The number of carbonyl (C=O) groups is 1. The van der Waals surface area contributed by atoms with Crippen LogP contribution >= 0.6 is 23.1 Å². The van der Waals surface area contributed by atoms with Crippen LogP contribution in [0.2, 0.25) is 0 Å². The van der Waals surface area contributed by atoms with Gasteiger partial charge in [0.25, 0.3) is 0 Å². The van der Waals surface area contributed by atoms with E-state index in [9.17, 15) is 4.79 Å². The van der Waals surface area contributed by atoms with E-state index in [0.29, 0.717) is 5.75 Å². The number of benzene rings is 2. The molecule has 2 aromatic carbocycles. The van der Waals surface area contributed by atoms with Gasteiger partial charge in [-0.25, -0.2) is 4.98 Å². The monoisotopic (exact) mass is 368 g/mol. The van der Waals surface area contributed by atoms with Crippen LogP contribution in [-0.4, -0.2) is 16.6 Å². The standard InChI is InChI=1S/C20H20N2OS2/c1-15-8-10-17(11-9-15)13-24-14-19(23)22(18-6-4-3-5-7-18)20-21-16(2)12-25-20/h3-12H,13-14H2,1-2H3. The van der Waals surface area contributed by atoms with Gasteiger partial charge in [-0.1, -0.05) is 48.0 Å². The van der Waals surface area contributed by atoms with Crippen molar-refractivity contribution < 1.29 is 4.79 Å². The second kappa shape index (κ2) is 8.32. The molecule has 3 aromatic rings. The molecule has 0 aliphatic carbocycles. The van der Waals surface area contributed by atoms with Crippen LogP contribution in [0.4, 0.5) is 10.8 Å². The van der Waals surface area contributed by atoms with E-state index in [1.807, 2.05) is 42.6 Å². The highest BCUT2D eigenvalue weighted by molar-refractivity contribution is 7.99. The fraction of sp³-hybridized carbons (Fsp3) is 0.200. The number of amides is 1. The van der Waals surface area contributed by atoms with Crippen molar-refractivity contribution in [3.05, 3.63) is 76.8 Å². The molecule has 1 aromatic heterocycles. The second-order valence-corrected chi connectivity index (χ2v) is 7.64. The van der Waals surface area contributed by atoms with Crippen molar-refractivity contribution in [1.82, 2.24) is 4.98 Å². The van der Waals surface area contributed by atoms with Crippen LogP contribution in [0.1, 0.15) is 16.8 Å². The van der Waals surface area contributed by atoms with Gasteiger partial charge in [-0.05, 0) is 31.5 Å². The molecule has 0 saturated heterocycles. The number of rotatable bonds is 6. The van der Waals surface area contributed by atoms with Gasteiger partial charge in [0.05, 0.1) is 17.1 Å². The Morgan fingerprint density at radius 3 is 2.44 bits per heavy atom. The minimum absolute atomic E-state index is 0.0534. The summed E-state index contributed by atoms with van der Waals surface area (Å²) >= 11 is 3.13. The van der Waals surface area contributed by atoms with Crippen LogP contribution in [-0.2, 0) is 10.5 Å². The maximum Gasteiger partial charge on any atom is 0.243 e. The first kappa shape index (κ1) is 17.7. The molecule has 0 aliphatic heterocycles. The van der Waals surface area contributed by atoms with Gasteiger partial charge in [0.2, 0.25) is 5.91 Å². The quantitative estimate of drug-likeness (QED) is 0.587. The zero-order valence-electron chi connectivity index (χ0n) is 14.3. The van der Waals surface area contributed by atoms with Gasteiger partial charge in [-0.3, -0.25) is 9.69 Å². The van der Waals surface area contributed by atoms with Crippen LogP contribution < -0.4 is 4.90 Å². The number of thioether (sulfide) groups is 1. The van der Waals surface area contributed by atoms with Gasteiger partial charge >= 0.3 is 0 Å². The highest BCUT2D eigenvalue weighted by Gasteiger charge is 2.20. The van der Waals surface area contributed by atoms with Crippen molar-refractivity contribution in [3.8, 4) is 0 Å². The predicted molar refractivity (Wildman–Crippen MR) is 108 cm³/mol. The van der Waals surface area contributed by atoms with E-state index in [1.54, 1.807) is 16.7 Å². The molecule has 0 N–H and O–H groups in total. The summed E-state index contributed by atoms with van der Waals surface area (Å²) in [5.41, 5.74) is 4.28. The Kier molecular flexibility index (Phi) is 5.89. The van der Waals surface area contributed by atoms with Crippen molar-refractivity contribution in [2.75, 3.05) is 10.7 Å². The molecule has 0 fully saturated rings. The number of hydrogen-bond donors (Lipinski definition) is 0. The summed E-state index contributed by atoms with van der Waals surface area (Å²) in [7, 11) is 0. The SMILES string of the molecule is Cc1ccc(CSCC(=O)N(c2ccccc2)c2nc(C)cs2)cc1. The topological polar surface area (TPSA) is 33.2 Å². The van der Waals surface area contributed by atoms with E-state index in [1.165, 1.54) is 22.5 Å². The minimum Gasteiger partial charge on any atom is -0.273 e. The van der Waals surface area contributed by atoms with E-state index >= 15 is 0 Å². The van der Waals surface area contributed by atoms with Gasteiger partial charge in [0.15, 0.2) is 5.13 Å². The second-order valence-electron chi connectivity index (χ2n) is 5.81. The lowest BCUT2D eigenvalue weighted by atomic mass is 10.2. The summed E-state index contributed by atoms with van der Waals surface area (Å²) in [6, 6.07) is 18.2. The highest BCUT2D eigenvalue weighted by atomic mass is 32.2. The van der Waals surface area contributed by atoms with Crippen molar-refractivity contribution in [2.45, 2.75) is 19.6 Å². The Labute approximate surface area is 156 Å². The lowest BCUT2D eigenvalue weighted by Gasteiger charge is -2.19. The lowest BCUT2D eigenvalue weighted by Crippen LogP contribution is -2.27. The Hall–Kier alpha value is -2.11. The number of hydrogen-bond acceptors (Lipinski definition) is 4. The summed E-state index contributed by atoms with van der Waals surface area (Å²) in [5.74, 6) is 1.30. The summed E-state index contributed by atoms with van der Waals surface area (Å²) in [6.45, 7) is 4.02. The molecule has 0 saturated carbocycles. The number of anilines is 2. The van der Waals surface area contributed by atoms with E-state index in [2.05, 4.69) is 36.2 Å². The van der Waals surface area contributed by atoms with E-state index < -0.39 is 0 Å². The van der Waals surface area contributed by atoms with E-state index in [4.69, 9.17) is 0 Å². The number of para-hydroxylation sites is 1. The first-order valence-electron chi connectivity index (χ1n) is 8.07. The van der Waals surface area contributed by atoms with E-state index in [0.717, 1.165) is 22.3 Å². The summed E-state index contributed by atoms with van der Waals surface area (Å²) in [6.07, 6.45) is 0. The molecule has 0 atom stereocenters. The molecule has 0 aliphatic rings. The molecular weight excluding hydrogens is 348 g/mol. The Bertz CT molecular complexity index is 828. The molecule has 1 heterocycles. The molecular formula is C20H20N2OS2. The summed E-state index contributed by atoms with van der Waals surface area (Å²) < 4.78 is 0. The molecule has 1 amide bonds. The molecule has 0 unspecified atom stereocenters. The third-order valence-electron chi connectivity index (χ3n) is 3.68. The molecule has 5 heteroatoms. The number of aromatic nitrogens is 1. The lowest BCUT2D eigenvalue weighted by molar-refractivity contribution is -0.115. The Balaban J connectivity index is 1.70. The molecule has 25 heavy (non-hydrogen) atoms. The maximum absolute atomic E-state index is 12.9. The number of aryl methyl sites for hydroxylation is 2. The smallest absolute Gasteiger partial charge is 0.243 e. The number of nitrogens with zero attached hydrogens (tertiary/aromatic N) is 2. The molecule has 3 rings (SSSR count). The largest absolute Gasteiger partial charge is 0.273 e. The Morgan fingerprint density at radius 2 is 1.80 bits per heavy atom. The maximum atomic E-state index is 12.9. The average Bonchev–Trinajstić information content (AvgIpc) is 3.04. The third kappa shape index (κ3) is 4.71. The number of carbonyl (C=O) groups excluding carboxylic acids is 1. The highest BCUT2D eigenvalue weighted by Crippen LogP contribution is 2.29. The normalized spacial score (nSPS) is 10.6. The van der Waals surface area contributed by atoms with Crippen LogP contribution in [0.15, 0.2) is 60.0 Å². The van der Waals surface area contributed by atoms with Crippen LogP contribution in [0.25, 0.3) is 0 Å². The van der Waals surface area contributed by atoms with Crippen LogP contribution in [0.3, 0.4) is 0 Å². The zero-order chi connectivity index (χ0) is 17.6. The summed E-state index contributed by atoms with van der Waals surface area (Å²) in [5, 5.41) is 2.70. The Morgan fingerprint density at radius 1 is 1.08 bits per heavy atom. The van der Waals surface area contributed by atoms with Gasteiger partial charge in [0.1, 0.15) is 0 Å². The zero-order valence-corrected chi connectivity index (χ0v) is 15.9. The van der Waals surface area contributed by atoms with Gasteiger partial charge in [0, 0.05) is 11.1 Å². The van der Waals surface area contributed by atoms with Crippen LogP contribution in [0, 0.1) is 13.8 Å². The first-order valence-corrected chi connectivity index (χ1v) is 10.1. The predicted octanol–water partition coefficient (Wildman–Crippen LogP) is 5.36. The first-order chi connectivity index (χ1) is 12.1. The van der Waals surface area contributed by atoms with Gasteiger partial charge < -0.3 is 0 Å². The average molecular weight is 369 g/mol. The van der Waals surface area contributed by atoms with Gasteiger partial charge in [-0.15, -0.1) is 23.1 Å². The van der Waals surface area contributed by atoms with E-state index in [-0.39, 0.29) is 5.91 Å². The molecule has 128 valence electrons. The van der Waals surface area contributed by atoms with Gasteiger partial charge in [-0.2, -0.15) is 0 Å². The fourth-order valence-electron chi connectivity index (χ4n) is 2.39. The molecule has 0 spiro atoms. The van der Waals surface area contributed by atoms with Crippen molar-refractivity contribution in [1.29, 1.82) is 0 Å². The third-order valence-corrected chi connectivity index (χ3v) is 5.61. The minimum atomic E-state index is 0.0534. The summed E-state index contributed by atoms with van der Waals surface area (Å²) in [4.78, 5) is 19.1. The van der Waals surface area contributed by atoms with Crippen molar-refractivity contribution in [3.63, 3.8) is 0 Å².